The van der Waals surface area contributed by atoms with E-state index in [-0.39, 0.29) is 5.56 Å². The number of rotatable bonds is 5. The summed E-state index contributed by atoms with van der Waals surface area (Å²) in [6.45, 7) is 2.06. The molecule has 8 heteroatoms. The maximum Gasteiger partial charge on any atom is 0.268 e. The molecule has 0 aliphatic rings. The molecule has 3 heterocycles. The molecule has 0 unspecified atom stereocenters. The van der Waals surface area contributed by atoms with Crippen LogP contribution in [0.3, 0.4) is 0 Å². The first-order chi connectivity index (χ1) is 14.7. The van der Waals surface area contributed by atoms with Gasteiger partial charge in [-0.05, 0) is 30.5 Å². The number of aromatic amines is 1. The van der Waals surface area contributed by atoms with E-state index in [4.69, 9.17) is 0 Å². The summed E-state index contributed by atoms with van der Waals surface area (Å²) in [6, 6.07) is 20.1. The van der Waals surface area contributed by atoms with Gasteiger partial charge in [0.2, 0.25) is 0 Å². The number of hydrogen-bond acceptors (Lipinski definition) is 6. The third-order valence-electron chi connectivity index (χ3n) is 4.66. The van der Waals surface area contributed by atoms with Crippen LogP contribution in [0, 0.1) is 6.92 Å². The molecule has 0 spiro atoms. The van der Waals surface area contributed by atoms with Gasteiger partial charge >= 0.3 is 0 Å². The lowest BCUT2D eigenvalue weighted by molar-refractivity contribution is 0.883. The average Bonchev–Trinajstić information content (AvgIpc) is 3.41. The molecule has 0 fully saturated rings. The Morgan fingerprint density at radius 3 is 2.63 bits per heavy atom. The molecule has 6 nitrogen and oxygen atoms in total. The molecule has 0 amide bonds. The Hall–Kier alpha value is -3.23. The van der Waals surface area contributed by atoms with Crippen LogP contribution in [-0.4, -0.2) is 24.7 Å². The van der Waals surface area contributed by atoms with Crippen molar-refractivity contribution in [2.24, 2.45) is 0 Å². The lowest BCUT2D eigenvalue weighted by Gasteiger charge is -2.10. The molecule has 2 aromatic carbocycles. The minimum Gasteiger partial charge on any atom is -0.309 e. The van der Waals surface area contributed by atoms with Crippen LogP contribution in [0.15, 0.2) is 76.0 Å². The van der Waals surface area contributed by atoms with Gasteiger partial charge in [0.05, 0.1) is 11.3 Å². The Labute approximate surface area is 180 Å². The highest BCUT2D eigenvalue weighted by molar-refractivity contribution is 7.98. The SMILES string of the molecule is Cc1ccc(-n2c(SCc3nc4ccsc4c(=O)[nH]3)nnc2-c2ccccc2)cc1. The first-order valence-corrected chi connectivity index (χ1v) is 11.2. The molecule has 0 saturated heterocycles. The molecule has 30 heavy (non-hydrogen) atoms. The Balaban J connectivity index is 1.53. The van der Waals surface area contributed by atoms with Crippen molar-refractivity contribution in [1.82, 2.24) is 24.7 Å². The number of aromatic nitrogens is 5. The van der Waals surface area contributed by atoms with Crippen LogP contribution in [0.4, 0.5) is 0 Å². The van der Waals surface area contributed by atoms with Crippen molar-refractivity contribution in [2.45, 2.75) is 17.8 Å². The van der Waals surface area contributed by atoms with Gasteiger partial charge in [-0.2, -0.15) is 0 Å². The highest BCUT2D eigenvalue weighted by Gasteiger charge is 2.17. The van der Waals surface area contributed by atoms with Gasteiger partial charge in [0.25, 0.3) is 5.56 Å². The number of thioether (sulfide) groups is 1. The van der Waals surface area contributed by atoms with Gasteiger partial charge in [0, 0.05) is 11.3 Å². The number of fused-ring (bicyclic) bond motifs is 1. The largest absolute Gasteiger partial charge is 0.309 e. The third-order valence-corrected chi connectivity index (χ3v) is 6.50. The van der Waals surface area contributed by atoms with Crippen LogP contribution < -0.4 is 5.56 Å². The van der Waals surface area contributed by atoms with Gasteiger partial charge in [-0.15, -0.1) is 21.5 Å². The van der Waals surface area contributed by atoms with E-state index in [0.717, 1.165) is 27.7 Å². The van der Waals surface area contributed by atoms with E-state index in [2.05, 4.69) is 51.4 Å². The normalized spacial score (nSPS) is 11.2. The summed E-state index contributed by atoms with van der Waals surface area (Å²) < 4.78 is 2.69. The van der Waals surface area contributed by atoms with Crippen LogP contribution >= 0.6 is 23.1 Å². The fraction of sp³-hybridized carbons (Fsp3) is 0.0909. The number of hydrogen-bond donors (Lipinski definition) is 1. The number of aryl methyl sites for hydroxylation is 1. The Kier molecular flexibility index (Phi) is 4.94. The Bertz CT molecular complexity index is 1370. The van der Waals surface area contributed by atoms with Crippen molar-refractivity contribution in [3.8, 4) is 17.1 Å². The number of benzene rings is 2. The molecule has 5 aromatic rings. The van der Waals surface area contributed by atoms with Gasteiger partial charge < -0.3 is 4.98 Å². The summed E-state index contributed by atoms with van der Waals surface area (Å²) in [6.07, 6.45) is 0. The first kappa shape index (κ1) is 18.8. The number of nitrogens with zero attached hydrogens (tertiary/aromatic N) is 4. The third kappa shape index (κ3) is 3.55. The van der Waals surface area contributed by atoms with E-state index >= 15 is 0 Å². The van der Waals surface area contributed by atoms with Crippen molar-refractivity contribution in [3.63, 3.8) is 0 Å². The predicted molar refractivity (Wildman–Crippen MR) is 121 cm³/mol. The summed E-state index contributed by atoms with van der Waals surface area (Å²) >= 11 is 2.89. The molecule has 0 aliphatic heterocycles. The zero-order valence-electron chi connectivity index (χ0n) is 16.1. The van der Waals surface area contributed by atoms with Crippen molar-refractivity contribution in [2.75, 3.05) is 0 Å². The molecular formula is C22H17N5OS2. The smallest absolute Gasteiger partial charge is 0.268 e. The number of nitrogens with one attached hydrogen (secondary N) is 1. The zero-order chi connectivity index (χ0) is 20.5. The topological polar surface area (TPSA) is 76.5 Å². The maximum absolute atomic E-state index is 12.3. The lowest BCUT2D eigenvalue weighted by Crippen LogP contribution is -2.09. The van der Waals surface area contributed by atoms with Gasteiger partial charge in [-0.3, -0.25) is 9.36 Å². The van der Waals surface area contributed by atoms with Crippen LogP contribution in [0.2, 0.25) is 0 Å². The van der Waals surface area contributed by atoms with Crippen LogP contribution in [0.5, 0.6) is 0 Å². The van der Waals surface area contributed by atoms with Gasteiger partial charge in [-0.25, -0.2) is 4.98 Å². The lowest BCUT2D eigenvalue weighted by atomic mass is 10.2. The van der Waals surface area contributed by atoms with Crippen molar-refractivity contribution >= 4 is 33.3 Å². The predicted octanol–water partition coefficient (Wildman–Crippen LogP) is 4.83. The second-order valence-electron chi connectivity index (χ2n) is 6.78. The average molecular weight is 432 g/mol. The fourth-order valence-electron chi connectivity index (χ4n) is 3.19. The molecular weight excluding hydrogens is 414 g/mol. The Morgan fingerprint density at radius 1 is 1.03 bits per heavy atom. The standard InChI is InChI=1S/C22H17N5OS2/c1-14-7-9-16(10-8-14)27-20(15-5-3-2-4-6-15)25-26-22(27)30-13-18-23-17-11-12-29-19(17)21(28)24-18/h2-12H,13H2,1H3,(H,23,24,28). The maximum atomic E-state index is 12.3. The second kappa shape index (κ2) is 7.89. The van der Waals surface area contributed by atoms with E-state index in [9.17, 15) is 4.79 Å². The minimum atomic E-state index is -0.101. The van der Waals surface area contributed by atoms with Crippen LogP contribution in [0.25, 0.3) is 27.3 Å². The second-order valence-corrected chi connectivity index (χ2v) is 8.64. The van der Waals surface area contributed by atoms with Crippen molar-refractivity contribution in [1.29, 1.82) is 0 Å². The number of thiophene rings is 1. The zero-order valence-corrected chi connectivity index (χ0v) is 17.7. The van der Waals surface area contributed by atoms with Gasteiger partial charge in [-0.1, -0.05) is 59.8 Å². The highest BCUT2D eigenvalue weighted by Crippen LogP contribution is 2.29. The van der Waals surface area contributed by atoms with E-state index in [1.54, 1.807) is 0 Å². The van der Waals surface area contributed by atoms with Crippen molar-refractivity contribution in [3.05, 3.63) is 87.8 Å². The number of H-pyrrole nitrogens is 1. The minimum absolute atomic E-state index is 0.101. The quantitative estimate of drug-likeness (QED) is 0.403. The summed E-state index contributed by atoms with van der Waals surface area (Å²) in [5.74, 6) is 1.88. The van der Waals surface area contributed by atoms with E-state index in [1.165, 1.54) is 28.7 Å². The van der Waals surface area contributed by atoms with E-state index < -0.39 is 0 Å². The molecule has 0 atom stereocenters. The van der Waals surface area contributed by atoms with Crippen molar-refractivity contribution < 1.29 is 0 Å². The summed E-state index contributed by atoms with van der Waals surface area (Å²) in [4.78, 5) is 19.7. The molecule has 1 N–H and O–H groups in total. The molecule has 5 rings (SSSR count). The molecule has 148 valence electrons. The Morgan fingerprint density at radius 2 is 1.83 bits per heavy atom. The summed E-state index contributed by atoms with van der Waals surface area (Å²) in [5, 5.41) is 11.5. The van der Waals surface area contributed by atoms with E-state index in [0.29, 0.717) is 16.3 Å². The molecule has 0 aliphatic carbocycles. The molecule has 0 radical (unpaired) electrons. The fourth-order valence-corrected chi connectivity index (χ4v) is 4.73. The van der Waals surface area contributed by atoms with E-state index in [1.807, 2.05) is 46.3 Å². The summed E-state index contributed by atoms with van der Waals surface area (Å²) in [5.41, 5.74) is 3.79. The molecule has 0 bridgehead atoms. The monoisotopic (exact) mass is 431 g/mol. The van der Waals surface area contributed by atoms with Gasteiger partial charge in [0.15, 0.2) is 11.0 Å². The highest BCUT2D eigenvalue weighted by atomic mass is 32.2. The first-order valence-electron chi connectivity index (χ1n) is 9.36. The van der Waals surface area contributed by atoms with Gasteiger partial charge in [0.1, 0.15) is 10.5 Å². The van der Waals surface area contributed by atoms with Crippen LogP contribution in [0.1, 0.15) is 11.4 Å². The van der Waals surface area contributed by atoms with Crippen LogP contribution in [-0.2, 0) is 5.75 Å². The summed E-state index contributed by atoms with van der Waals surface area (Å²) in [7, 11) is 0. The molecule has 0 saturated carbocycles. The molecule has 3 aromatic heterocycles.